The van der Waals surface area contributed by atoms with Gasteiger partial charge in [-0.1, -0.05) is 362 Å². The van der Waals surface area contributed by atoms with Gasteiger partial charge in [0.1, 0.15) is 0 Å². The maximum absolute atomic E-state index is 6.47. The fourth-order valence-electron chi connectivity index (χ4n) is 12.0. The first-order valence-electron chi connectivity index (χ1n) is 39.0. The van der Waals surface area contributed by atoms with Gasteiger partial charge >= 0.3 is 0 Å². The van der Waals surface area contributed by atoms with E-state index in [9.17, 15) is 0 Å². The quantitative estimate of drug-likeness (QED) is 0.0448. The van der Waals surface area contributed by atoms with Crippen LogP contribution in [0.1, 0.15) is 387 Å². The van der Waals surface area contributed by atoms with Crippen LogP contribution in [-0.2, 0) is 18.9 Å². The zero-order chi connectivity index (χ0) is 60.3. The number of unbranched alkanes of at least 4 members (excludes halogenated alkanes) is 52. The number of hydrogen-bond acceptors (Lipinski definition) is 8. The standard InChI is InChI=1S/C76H158N4O4/c1-5-9-13-17-21-25-29-33-37-41-45-49-53-57-67-81-73-75(83-69-59-55-51-47-43-39-35-31-27-23-19-15-11-7-3)71-79-65-63-77-61-62-78-64-66-80-72-76(84-70-60-56-52-48-44-40-36-32-28-24-20-16-12-8-4)74-82-68-58-54-50-46-42-38-34-30-26-22-18-14-10-6-2/h75-80H,5-74H2,1-4H3. The first kappa shape index (κ1) is 83.7. The van der Waals surface area contributed by atoms with Crippen LogP contribution in [0.4, 0.5) is 0 Å². The predicted octanol–water partition coefficient (Wildman–Crippen LogP) is 22.1. The molecule has 0 saturated heterocycles. The van der Waals surface area contributed by atoms with E-state index in [2.05, 4.69) is 49.0 Å². The number of nitrogens with one attached hydrogen (secondary N) is 4. The van der Waals surface area contributed by atoms with Gasteiger partial charge in [-0.15, -0.1) is 0 Å². The maximum atomic E-state index is 6.47. The minimum absolute atomic E-state index is 0.127. The van der Waals surface area contributed by atoms with E-state index in [1.165, 1.54) is 360 Å². The van der Waals surface area contributed by atoms with Crippen molar-refractivity contribution in [2.45, 2.75) is 399 Å². The minimum atomic E-state index is 0.127. The largest absolute Gasteiger partial charge is 0.379 e. The molecule has 8 heteroatoms. The van der Waals surface area contributed by atoms with E-state index in [1.54, 1.807) is 0 Å². The lowest BCUT2D eigenvalue weighted by molar-refractivity contribution is -0.0174. The minimum Gasteiger partial charge on any atom is -0.379 e. The van der Waals surface area contributed by atoms with Gasteiger partial charge in [0.2, 0.25) is 0 Å². The van der Waals surface area contributed by atoms with E-state index >= 15 is 0 Å². The van der Waals surface area contributed by atoms with E-state index in [4.69, 9.17) is 18.9 Å². The Morgan fingerprint density at radius 1 is 0.190 bits per heavy atom. The number of rotatable bonds is 79. The fraction of sp³-hybridized carbons (Fsp3) is 1.00. The molecule has 4 N–H and O–H groups in total. The van der Waals surface area contributed by atoms with Crippen molar-refractivity contribution in [3.8, 4) is 0 Å². The molecule has 0 bridgehead atoms. The zero-order valence-electron chi connectivity index (χ0n) is 58.3. The average Bonchev–Trinajstić information content (AvgIpc) is 3.50. The van der Waals surface area contributed by atoms with Crippen LogP contribution >= 0.6 is 0 Å². The molecule has 0 spiro atoms. The fourth-order valence-corrected chi connectivity index (χ4v) is 12.0. The maximum Gasteiger partial charge on any atom is 0.0932 e. The van der Waals surface area contributed by atoms with Crippen molar-refractivity contribution in [1.29, 1.82) is 0 Å². The van der Waals surface area contributed by atoms with Crippen LogP contribution in [0, 0.1) is 0 Å². The van der Waals surface area contributed by atoms with Crippen molar-refractivity contribution in [3.63, 3.8) is 0 Å². The molecule has 0 aromatic carbocycles. The van der Waals surface area contributed by atoms with Crippen molar-refractivity contribution in [3.05, 3.63) is 0 Å². The summed E-state index contributed by atoms with van der Waals surface area (Å²) in [6, 6.07) is 0. The third-order valence-corrected chi connectivity index (χ3v) is 17.8. The van der Waals surface area contributed by atoms with Gasteiger partial charge in [0.05, 0.1) is 25.4 Å². The van der Waals surface area contributed by atoms with Gasteiger partial charge in [0.25, 0.3) is 0 Å². The Labute approximate surface area is 529 Å². The molecule has 0 aliphatic rings. The highest BCUT2D eigenvalue weighted by Gasteiger charge is 2.11. The molecule has 506 valence electrons. The Morgan fingerprint density at radius 2 is 0.357 bits per heavy atom. The van der Waals surface area contributed by atoms with Crippen LogP contribution in [0.2, 0.25) is 0 Å². The molecule has 0 saturated carbocycles. The van der Waals surface area contributed by atoms with Crippen LogP contribution in [-0.4, -0.2) is 104 Å². The van der Waals surface area contributed by atoms with Crippen LogP contribution in [0.3, 0.4) is 0 Å². The predicted molar refractivity (Wildman–Crippen MR) is 374 cm³/mol. The van der Waals surface area contributed by atoms with Gasteiger partial charge in [-0.2, -0.15) is 0 Å². The molecule has 2 atom stereocenters. The van der Waals surface area contributed by atoms with E-state index < -0.39 is 0 Å². The molecule has 0 fully saturated rings. The summed E-state index contributed by atoms with van der Waals surface area (Å²) in [5, 5.41) is 14.7. The second kappa shape index (κ2) is 78.8. The van der Waals surface area contributed by atoms with Gasteiger partial charge in [-0.25, -0.2) is 0 Å². The zero-order valence-corrected chi connectivity index (χ0v) is 58.3. The topological polar surface area (TPSA) is 85.0 Å². The lowest BCUT2D eigenvalue weighted by atomic mass is 10.0. The normalized spacial score (nSPS) is 12.6. The van der Waals surface area contributed by atoms with Crippen molar-refractivity contribution < 1.29 is 18.9 Å². The lowest BCUT2D eigenvalue weighted by Crippen LogP contribution is -2.39. The van der Waals surface area contributed by atoms with E-state index in [0.717, 1.165) is 78.8 Å². The molecule has 0 radical (unpaired) electrons. The van der Waals surface area contributed by atoms with Crippen LogP contribution in [0.5, 0.6) is 0 Å². The monoisotopic (exact) mass is 1190 g/mol. The summed E-state index contributed by atoms with van der Waals surface area (Å²) in [5.41, 5.74) is 0. The molecule has 0 aliphatic heterocycles. The molecular weight excluding hydrogens is 1030 g/mol. The Bertz CT molecular complexity index is 1040. The Hall–Kier alpha value is -0.320. The first-order chi connectivity index (χ1) is 41.8. The van der Waals surface area contributed by atoms with Gasteiger partial charge < -0.3 is 40.2 Å². The van der Waals surface area contributed by atoms with Crippen LogP contribution in [0.15, 0.2) is 0 Å². The smallest absolute Gasteiger partial charge is 0.0932 e. The number of hydrogen-bond donors (Lipinski definition) is 4. The molecule has 84 heavy (non-hydrogen) atoms. The third kappa shape index (κ3) is 74.1. The first-order valence-corrected chi connectivity index (χ1v) is 39.0. The van der Waals surface area contributed by atoms with Crippen LogP contribution in [0.25, 0.3) is 0 Å². The summed E-state index contributed by atoms with van der Waals surface area (Å²) in [7, 11) is 0. The Morgan fingerprint density at radius 3 is 0.560 bits per heavy atom. The summed E-state index contributed by atoms with van der Waals surface area (Å²) in [5.74, 6) is 0. The van der Waals surface area contributed by atoms with Gasteiger partial charge in [-0.3, -0.25) is 0 Å². The summed E-state index contributed by atoms with van der Waals surface area (Å²) in [6.07, 6.45) is 78.0. The molecular formula is C76H158N4O4. The second-order valence-electron chi connectivity index (χ2n) is 26.4. The molecule has 2 unspecified atom stereocenters. The molecule has 0 aliphatic carbocycles. The molecule has 0 aromatic rings. The highest BCUT2D eigenvalue weighted by Crippen LogP contribution is 2.18. The van der Waals surface area contributed by atoms with Crippen molar-refractivity contribution in [2.75, 3.05) is 92.0 Å². The SMILES string of the molecule is CCCCCCCCCCCCCCCCOCC(CNCCNCCNCCNCC(COCCCCCCCCCCCCCCCC)OCCCCCCCCCCCCCCCC)OCCCCCCCCCCCCCCCC. The third-order valence-electron chi connectivity index (χ3n) is 17.8. The van der Waals surface area contributed by atoms with Gasteiger partial charge in [0.15, 0.2) is 0 Å². The van der Waals surface area contributed by atoms with E-state index in [0.29, 0.717) is 13.2 Å². The summed E-state index contributed by atoms with van der Waals surface area (Å²) in [4.78, 5) is 0. The Balaban J connectivity index is 4.44. The number of ether oxygens (including phenoxy) is 4. The molecule has 0 rings (SSSR count). The van der Waals surface area contributed by atoms with E-state index in [1.807, 2.05) is 0 Å². The molecule has 0 aromatic heterocycles. The van der Waals surface area contributed by atoms with Crippen molar-refractivity contribution in [2.24, 2.45) is 0 Å². The molecule has 8 nitrogen and oxygen atoms in total. The highest BCUT2D eigenvalue weighted by molar-refractivity contribution is 4.66. The summed E-state index contributed by atoms with van der Waals surface area (Å²) >= 11 is 0. The Kier molecular flexibility index (Phi) is 78.5. The molecule has 0 heterocycles. The highest BCUT2D eigenvalue weighted by atomic mass is 16.5. The van der Waals surface area contributed by atoms with Gasteiger partial charge in [-0.05, 0) is 25.7 Å². The summed E-state index contributed by atoms with van der Waals surface area (Å²) < 4.78 is 25.4. The summed E-state index contributed by atoms with van der Waals surface area (Å²) in [6.45, 7) is 21.6. The van der Waals surface area contributed by atoms with Crippen molar-refractivity contribution >= 4 is 0 Å². The average molecular weight is 1190 g/mol. The van der Waals surface area contributed by atoms with Crippen LogP contribution < -0.4 is 21.3 Å². The lowest BCUT2D eigenvalue weighted by Gasteiger charge is -2.19. The molecule has 0 amide bonds. The van der Waals surface area contributed by atoms with Crippen molar-refractivity contribution in [1.82, 2.24) is 21.3 Å². The van der Waals surface area contributed by atoms with Gasteiger partial charge in [0, 0.05) is 78.8 Å². The van der Waals surface area contributed by atoms with E-state index in [-0.39, 0.29) is 12.2 Å². The second-order valence-corrected chi connectivity index (χ2v) is 26.4.